The molecule has 0 aliphatic carbocycles. The van der Waals surface area contributed by atoms with Crippen molar-refractivity contribution >= 4 is 28.9 Å². The number of hydrogen-bond donors (Lipinski definition) is 1. The van der Waals surface area contributed by atoms with E-state index < -0.39 is 5.92 Å². The van der Waals surface area contributed by atoms with Crippen molar-refractivity contribution in [2.45, 2.75) is 33.1 Å². The SMILES string of the molecule is Cc1ccc(N2CCC(C(=O)Nc3cccc(N4CCCC4)c3)C2=O)cc1C. The molecule has 5 nitrogen and oxygen atoms in total. The number of amides is 2. The third kappa shape index (κ3) is 3.61. The Labute approximate surface area is 166 Å². The summed E-state index contributed by atoms with van der Waals surface area (Å²) >= 11 is 0. The summed E-state index contributed by atoms with van der Waals surface area (Å²) in [5.41, 5.74) is 5.11. The summed E-state index contributed by atoms with van der Waals surface area (Å²) in [5, 5.41) is 2.96. The predicted molar refractivity (Wildman–Crippen MR) is 113 cm³/mol. The Morgan fingerprint density at radius 1 is 0.964 bits per heavy atom. The highest BCUT2D eigenvalue weighted by Gasteiger charge is 2.37. The molecule has 0 aromatic heterocycles. The van der Waals surface area contributed by atoms with E-state index in [0.29, 0.717) is 13.0 Å². The van der Waals surface area contributed by atoms with Gasteiger partial charge in [-0.05, 0) is 74.6 Å². The zero-order valence-electron chi connectivity index (χ0n) is 16.6. The van der Waals surface area contributed by atoms with Crippen molar-refractivity contribution in [1.29, 1.82) is 0 Å². The van der Waals surface area contributed by atoms with Crippen molar-refractivity contribution in [2.75, 3.05) is 34.8 Å². The van der Waals surface area contributed by atoms with Crippen molar-refractivity contribution in [1.82, 2.24) is 0 Å². The number of hydrogen-bond acceptors (Lipinski definition) is 3. The molecule has 0 bridgehead atoms. The van der Waals surface area contributed by atoms with Gasteiger partial charge in [0, 0.05) is 36.7 Å². The van der Waals surface area contributed by atoms with Gasteiger partial charge >= 0.3 is 0 Å². The molecule has 2 saturated heterocycles. The summed E-state index contributed by atoms with van der Waals surface area (Å²) in [7, 11) is 0. The molecule has 2 aromatic carbocycles. The summed E-state index contributed by atoms with van der Waals surface area (Å²) in [6, 6.07) is 13.9. The van der Waals surface area contributed by atoms with Crippen molar-refractivity contribution in [3.05, 3.63) is 53.6 Å². The fourth-order valence-electron chi connectivity index (χ4n) is 4.06. The molecule has 2 aliphatic rings. The zero-order chi connectivity index (χ0) is 19.7. The number of carbonyl (C=O) groups is 2. The van der Waals surface area contributed by atoms with E-state index in [2.05, 4.69) is 23.2 Å². The second-order valence-electron chi connectivity index (χ2n) is 7.83. The maximum absolute atomic E-state index is 12.9. The molecule has 2 heterocycles. The first-order chi connectivity index (χ1) is 13.5. The van der Waals surface area contributed by atoms with Gasteiger partial charge < -0.3 is 15.1 Å². The molecule has 1 N–H and O–H groups in total. The number of aryl methyl sites for hydroxylation is 2. The van der Waals surface area contributed by atoms with Crippen LogP contribution in [0.15, 0.2) is 42.5 Å². The zero-order valence-corrected chi connectivity index (χ0v) is 16.6. The van der Waals surface area contributed by atoms with Crippen LogP contribution in [0.25, 0.3) is 0 Å². The van der Waals surface area contributed by atoms with E-state index in [1.54, 1.807) is 4.90 Å². The molecule has 28 heavy (non-hydrogen) atoms. The van der Waals surface area contributed by atoms with Crippen molar-refractivity contribution in [3.63, 3.8) is 0 Å². The van der Waals surface area contributed by atoms with Gasteiger partial charge in [-0.1, -0.05) is 12.1 Å². The lowest BCUT2D eigenvalue weighted by atomic mass is 10.1. The van der Waals surface area contributed by atoms with Crippen LogP contribution in [0.5, 0.6) is 0 Å². The van der Waals surface area contributed by atoms with E-state index in [-0.39, 0.29) is 11.8 Å². The van der Waals surface area contributed by atoms with E-state index in [4.69, 9.17) is 0 Å². The largest absolute Gasteiger partial charge is 0.371 e. The van der Waals surface area contributed by atoms with Crippen LogP contribution in [0, 0.1) is 19.8 Å². The topological polar surface area (TPSA) is 52.7 Å². The number of nitrogens with zero attached hydrogens (tertiary/aromatic N) is 2. The average molecular weight is 377 g/mol. The van der Waals surface area contributed by atoms with Crippen LogP contribution >= 0.6 is 0 Å². The molecule has 2 aliphatic heterocycles. The Morgan fingerprint density at radius 2 is 1.75 bits per heavy atom. The summed E-state index contributed by atoms with van der Waals surface area (Å²) < 4.78 is 0. The lowest BCUT2D eigenvalue weighted by molar-refractivity contribution is -0.129. The monoisotopic (exact) mass is 377 g/mol. The third-order valence-electron chi connectivity index (χ3n) is 5.91. The molecule has 2 aromatic rings. The molecular weight excluding hydrogens is 350 g/mol. The Balaban J connectivity index is 1.45. The van der Waals surface area contributed by atoms with Gasteiger partial charge in [-0.15, -0.1) is 0 Å². The molecule has 0 saturated carbocycles. The summed E-state index contributed by atoms with van der Waals surface area (Å²) in [6.45, 7) is 6.79. The minimum Gasteiger partial charge on any atom is -0.371 e. The number of benzene rings is 2. The van der Waals surface area contributed by atoms with Gasteiger partial charge in [0.1, 0.15) is 5.92 Å². The number of nitrogens with one attached hydrogen (secondary N) is 1. The minimum atomic E-state index is -0.628. The fourth-order valence-corrected chi connectivity index (χ4v) is 4.06. The Kier molecular flexibility index (Phi) is 5.07. The van der Waals surface area contributed by atoms with Crippen LogP contribution < -0.4 is 15.1 Å². The highest BCUT2D eigenvalue weighted by atomic mass is 16.2. The van der Waals surface area contributed by atoms with Crippen molar-refractivity contribution < 1.29 is 9.59 Å². The molecular formula is C23H27N3O2. The maximum Gasteiger partial charge on any atom is 0.239 e. The molecule has 5 heteroatoms. The number of rotatable bonds is 4. The summed E-state index contributed by atoms with van der Waals surface area (Å²) in [4.78, 5) is 29.7. The van der Waals surface area contributed by atoms with Gasteiger partial charge in [0.2, 0.25) is 11.8 Å². The molecule has 2 amide bonds. The molecule has 146 valence electrons. The maximum atomic E-state index is 12.9. The molecule has 0 radical (unpaired) electrons. The van der Waals surface area contributed by atoms with Crippen LogP contribution in [-0.4, -0.2) is 31.4 Å². The minimum absolute atomic E-state index is 0.114. The smallest absolute Gasteiger partial charge is 0.239 e. The van der Waals surface area contributed by atoms with Gasteiger partial charge in [-0.2, -0.15) is 0 Å². The molecule has 4 rings (SSSR count). The molecule has 1 atom stereocenters. The first-order valence-electron chi connectivity index (χ1n) is 10.1. The number of anilines is 3. The average Bonchev–Trinajstić information content (AvgIpc) is 3.34. The Morgan fingerprint density at radius 3 is 2.50 bits per heavy atom. The fraction of sp³-hybridized carbons (Fsp3) is 0.391. The Bertz CT molecular complexity index is 902. The standard InChI is InChI=1S/C23H27N3O2/c1-16-8-9-20(14-17(16)2)26-13-10-21(23(26)28)22(27)24-18-6-5-7-19(15-18)25-11-3-4-12-25/h5-9,14-15,21H,3-4,10-13H2,1-2H3,(H,24,27). The van der Waals surface area contributed by atoms with E-state index in [9.17, 15) is 9.59 Å². The second kappa shape index (κ2) is 7.66. The second-order valence-corrected chi connectivity index (χ2v) is 7.83. The van der Waals surface area contributed by atoms with Gasteiger partial charge in [0.25, 0.3) is 0 Å². The van der Waals surface area contributed by atoms with E-state index in [1.807, 2.05) is 43.3 Å². The van der Waals surface area contributed by atoms with Crippen molar-refractivity contribution in [2.24, 2.45) is 5.92 Å². The molecule has 0 spiro atoms. The lowest BCUT2D eigenvalue weighted by Gasteiger charge is -2.19. The predicted octanol–water partition coefficient (Wildman–Crippen LogP) is 3.90. The highest BCUT2D eigenvalue weighted by Crippen LogP contribution is 2.29. The van der Waals surface area contributed by atoms with E-state index in [0.717, 1.165) is 35.7 Å². The van der Waals surface area contributed by atoms with Gasteiger partial charge in [0.15, 0.2) is 0 Å². The first kappa shape index (κ1) is 18.5. The normalized spacial score (nSPS) is 19.4. The summed E-state index contributed by atoms with van der Waals surface area (Å²) in [6.07, 6.45) is 2.96. The first-order valence-corrected chi connectivity index (χ1v) is 10.1. The third-order valence-corrected chi connectivity index (χ3v) is 5.91. The van der Waals surface area contributed by atoms with E-state index >= 15 is 0 Å². The van der Waals surface area contributed by atoms with Crippen LogP contribution in [0.4, 0.5) is 17.1 Å². The van der Waals surface area contributed by atoms with Gasteiger partial charge in [-0.3, -0.25) is 9.59 Å². The van der Waals surface area contributed by atoms with Crippen LogP contribution in [0.2, 0.25) is 0 Å². The lowest BCUT2D eigenvalue weighted by Crippen LogP contribution is -2.33. The van der Waals surface area contributed by atoms with E-state index in [1.165, 1.54) is 18.4 Å². The Hall–Kier alpha value is -2.82. The van der Waals surface area contributed by atoms with Crippen molar-refractivity contribution in [3.8, 4) is 0 Å². The van der Waals surface area contributed by atoms with Crippen LogP contribution in [0.3, 0.4) is 0 Å². The van der Waals surface area contributed by atoms with Crippen LogP contribution in [0.1, 0.15) is 30.4 Å². The van der Waals surface area contributed by atoms with Gasteiger partial charge in [0.05, 0.1) is 0 Å². The molecule has 1 unspecified atom stereocenters. The quantitative estimate of drug-likeness (QED) is 0.823. The highest BCUT2D eigenvalue weighted by molar-refractivity contribution is 6.13. The van der Waals surface area contributed by atoms with Gasteiger partial charge in [-0.25, -0.2) is 0 Å². The molecule has 2 fully saturated rings. The summed E-state index contributed by atoms with van der Waals surface area (Å²) in [5.74, 6) is -0.955. The number of carbonyl (C=O) groups excluding carboxylic acids is 2. The van der Waals surface area contributed by atoms with Crippen LogP contribution in [-0.2, 0) is 9.59 Å².